The van der Waals surface area contributed by atoms with Gasteiger partial charge >= 0.3 is 5.97 Å². The molecule has 2 rings (SSSR count). The van der Waals surface area contributed by atoms with Gasteiger partial charge in [0.25, 0.3) is 5.91 Å². The highest BCUT2D eigenvalue weighted by Gasteiger charge is 2.13. The molecule has 6 heteroatoms. The summed E-state index contributed by atoms with van der Waals surface area (Å²) < 4.78 is 4.87. The summed E-state index contributed by atoms with van der Waals surface area (Å²) in [5.74, 6) is -1.30. The van der Waals surface area contributed by atoms with Crippen molar-refractivity contribution in [1.29, 1.82) is 5.26 Å². The fourth-order valence-corrected chi connectivity index (χ4v) is 2.04. The first-order valence-corrected chi connectivity index (χ1v) is 7.81. The van der Waals surface area contributed by atoms with Gasteiger partial charge in [-0.3, -0.25) is 4.79 Å². The monoisotopic (exact) mass is 354 g/mol. The predicted molar refractivity (Wildman–Crippen MR) is 94.3 cm³/mol. The lowest BCUT2D eigenvalue weighted by Crippen LogP contribution is -2.28. The summed E-state index contributed by atoms with van der Waals surface area (Å²) in [6, 6.07) is 17.7. The third kappa shape index (κ3) is 6.13. The number of ether oxygens (including phenoxy) is 1. The van der Waals surface area contributed by atoms with Gasteiger partial charge in [-0.25, -0.2) is 4.79 Å². The highest BCUT2D eigenvalue weighted by molar-refractivity contribution is 6.30. The largest absolute Gasteiger partial charge is 0.451 e. The highest BCUT2D eigenvalue weighted by Crippen LogP contribution is 2.09. The molecule has 0 spiro atoms. The Balaban J connectivity index is 1.83. The van der Waals surface area contributed by atoms with Crippen LogP contribution in [-0.4, -0.2) is 18.5 Å². The van der Waals surface area contributed by atoms with E-state index >= 15 is 0 Å². The molecule has 0 aliphatic rings. The van der Waals surface area contributed by atoms with Crippen molar-refractivity contribution >= 4 is 29.6 Å². The van der Waals surface area contributed by atoms with E-state index in [0.717, 1.165) is 5.56 Å². The van der Waals surface area contributed by atoms with Crippen LogP contribution >= 0.6 is 11.6 Å². The summed E-state index contributed by atoms with van der Waals surface area (Å²) in [7, 11) is 0. The van der Waals surface area contributed by atoms with Gasteiger partial charge in [-0.1, -0.05) is 54.1 Å². The maximum atomic E-state index is 11.9. The zero-order valence-electron chi connectivity index (χ0n) is 13.2. The van der Waals surface area contributed by atoms with Crippen LogP contribution in [0.15, 0.2) is 60.2 Å². The molecule has 0 saturated heterocycles. The van der Waals surface area contributed by atoms with E-state index in [2.05, 4.69) is 5.32 Å². The van der Waals surface area contributed by atoms with Crippen LogP contribution in [-0.2, 0) is 20.9 Å². The molecule has 0 aliphatic carbocycles. The molecule has 25 heavy (non-hydrogen) atoms. The molecule has 0 bridgehead atoms. The van der Waals surface area contributed by atoms with E-state index in [1.807, 2.05) is 6.07 Å². The number of esters is 1. The van der Waals surface area contributed by atoms with Gasteiger partial charge in [0.1, 0.15) is 11.6 Å². The van der Waals surface area contributed by atoms with Crippen LogP contribution in [0.2, 0.25) is 5.02 Å². The number of nitrogens with zero attached hydrogens (tertiary/aromatic N) is 1. The number of benzene rings is 2. The molecule has 126 valence electrons. The van der Waals surface area contributed by atoms with Crippen molar-refractivity contribution in [3.05, 3.63) is 76.3 Å². The molecule has 0 heterocycles. The van der Waals surface area contributed by atoms with E-state index in [-0.39, 0.29) is 5.57 Å². The van der Waals surface area contributed by atoms with Crippen LogP contribution in [0.1, 0.15) is 11.1 Å². The topological polar surface area (TPSA) is 79.2 Å². The molecule has 1 amide bonds. The number of nitrogens with one attached hydrogen (secondary N) is 1. The minimum absolute atomic E-state index is 0.170. The summed E-state index contributed by atoms with van der Waals surface area (Å²) >= 11 is 5.78. The third-order valence-corrected chi connectivity index (χ3v) is 3.44. The second-order valence-electron chi connectivity index (χ2n) is 5.06. The molecule has 2 aromatic rings. The van der Waals surface area contributed by atoms with Crippen molar-refractivity contribution in [3.8, 4) is 6.07 Å². The van der Waals surface area contributed by atoms with E-state index in [1.54, 1.807) is 54.6 Å². The standard InChI is InChI=1S/C19H15ClN2O3/c20-17-8-6-15(7-9-17)12-22-18(23)13-25-19(24)16(11-21)10-14-4-2-1-3-5-14/h1-10H,12-13H2,(H,22,23)/b16-10+. The number of hydrogen-bond donors (Lipinski definition) is 1. The minimum Gasteiger partial charge on any atom is -0.451 e. The molecule has 0 unspecified atom stereocenters. The Morgan fingerprint density at radius 1 is 1.12 bits per heavy atom. The van der Waals surface area contributed by atoms with Gasteiger partial charge in [-0.15, -0.1) is 0 Å². The Kier molecular flexibility index (Phi) is 6.76. The summed E-state index contributed by atoms with van der Waals surface area (Å²) in [4.78, 5) is 23.6. The number of carbonyl (C=O) groups excluding carboxylic acids is 2. The lowest BCUT2D eigenvalue weighted by molar-refractivity contribution is -0.144. The van der Waals surface area contributed by atoms with Crippen LogP contribution < -0.4 is 5.32 Å². The second kappa shape index (κ2) is 9.26. The molecular weight excluding hydrogens is 340 g/mol. The Morgan fingerprint density at radius 2 is 1.80 bits per heavy atom. The summed E-state index contributed by atoms with van der Waals surface area (Å²) in [6.45, 7) is -0.168. The van der Waals surface area contributed by atoms with Crippen molar-refractivity contribution < 1.29 is 14.3 Å². The van der Waals surface area contributed by atoms with E-state index in [0.29, 0.717) is 17.1 Å². The number of rotatable bonds is 6. The lowest BCUT2D eigenvalue weighted by atomic mass is 10.1. The maximum Gasteiger partial charge on any atom is 0.349 e. The first-order valence-electron chi connectivity index (χ1n) is 7.43. The number of hydrogen-bond acceptors (Lipinski definition) is 4. The zero-order valence-corrected chi connectivity index (χ0v) is 14.0. The average molecular weight is 355 g/mol. The fourth-order valence-electron chi connectivity index (χ4n) is 1.92. The average Bonchev–Trinajstić information content (AvgIpc) is 2.64. The van der Waals surface area contributed by atoms with Crippen LogP contribution in [0.25, 0.3) is 6.08 Å². The van der Waals surface area contributed by atoms with Crippen LogP contribution in [0.3, 0.4) is 0 Å². The first-order chi connectivity index (χ1) is 12.1. The molecule has 0 aliphatic heterocycles. The van der Waals surface area contributed by atoms with Crippen LogP contribution in [0, 0.1) is 11.3 Å². The van der Waals surface area contributed by atoms with Gasteiger partial charge in [0.15, 0.2) is 6.61 Å². The number of carbonyl (C=O) groups is 2. The Hall–Kier alpha value is -3.10. The number of halogens is 1. The summed E-state index contributed by atoms with van der Waals surface area (Å²) in [5.41, 5.74) is 1.39. The Labute approximate surface area is 150 Å². The van der Waals surface area contributed by atoms with Gasteiger partial charge in [0.05, 0.1) is 0 Å². The fraction of sp³-hybridized carbons (Fsp3) is 0.105. The molecule has 0 fully saturated rings. The van der Waals surface area contributed by atoms with E-state index in [1.165, 1.54) is 6.08 Å². The smallest absolute Gasteiger partial charge is 0.349 e. The quantitative estimate of drug-likeness (QED) is 0.491. The van der Waals surface area contributed by atoms with Gasteiger partial charge in [-0.2, -0.15) is 5.26 Å². The molecule has 5 nitrogen and oxygen atoms in total. The van der Waals surface area contributed by atoms with E-state index in [9.17, 15) is 9.59 Å². The molecule has 0 aromatic heterocycles. The van der Waals surface area contributed by atoms with E-state index in [4.69, 9.17) is 21.6 Å². The zero-order chi connectivity index (χ0) is 18.1. The van der Waals surface area contributed by atoms with Crippen molar-refractivity contribution in [1.82, 2.24) is 5.32 Å². The SMILES string of the molecule is N#C/C(=C\c1ccccc1)C(=O)OCC(=O)NCc1ccc(Cl)cc1. The van der Waals surface area contributed by atoms with Gasteiger partial charge in [0, 0.05) is 11.6 Å². The van der Waals surface area contributed by atoms with Crippen molar-refractivity contribution in [2.45, 2.75) is 6.54 Å². The van der Waals surface area contributed by atoms with Crippen molar-refractivity contribution in [2.24, 2.45) is 0 Å². The molecule has 2 aromatic carbocycles. The molecule has 0 radical (unpaired) electrons. The predicted octanol–water partition coefficient (Wildman–Crippen LogP) is 3.11. The summed E-state index contributed by atoms with van der Waals surface area (Å²) in [5, 5.41) is 12.3. The molecule has 1 N–H and O–H groups in total. The normalized spacial score (nSPS) is 10.6. The van der Waals surface area contributed by atoms with Crippen molar-refractivity contribution in [2.75, 3.05) is 6.61 Å². The Bertz CT molecular complexity index is 809. The molecule has 0 atom stereocenters. The lowest BCUT2D eigenvalue weighted by Gasteiger charge is -2.06. The highest BCUT2D eigenvalue weighted by atomic mass is 35.5. The van der Waals surface area contributed by atoms with Crippen LogP contribution in [0.4, 0.5) is 0 Å². The molecule has 0 saturated carbocycles. The van der Waals surface area contributed by atoms with Crippen LogP contribution in [0.5, 0.6) is 0 Å². The second-order valence-corrected chi connectivity index (χ2v) is 5.50. The first kappa shape index (κ1) is 18.2. The number of amides is 1. The van der Waals surface area contributed by atoms with Crippen molar-refractivity contribution in [3.63, 3.8) is 0 Å². The Morgan fingerprint density at radius 3 is 2.44 bits per heavy atom. The van der Waals surface area contributed by atoms with Gasteiger partial charge in [0.2, 0.25) is 0 Å². The minimum atomic E-state index is -0.840. The van der Waals surface area contributed by atoms with E-state index < -0.39 is 18.5 Å². The third-order valence-electron chi connectivity index (χ3n) is 3.19. The van der Waals surface area contributed by atoms with Gasteiger partial charge in [-0.05, 0) is 29.3 Å². The van der Waals surface area contributed by atoms with Gasteiger partial charge < -0.3 is 10.1 Å². The summed E-state index contributed by atoms with van der Waals surface area (Å²) in [6.07, 6.45) is 1.41. The number of nitriles is 1. The molecular formula is C19H15ClN2O3. The maximum absolute atomic E-state index is 11.9.